The average molecular weight is 161 g/mol. The minimum Gasteiger partial charge on any atom is -0.390 e. The fourth-order valence-electron chi connectivity index (χ4n) is 0.959. The summed E-state index contributed by atoms with van der Waals surface area (Å²) in [5.41, 5.74) is 0. The van der Waals surface area contributed by atoms with Crippen LogP contribution in [0.3, 0.4) is 0 Å². The van der Waals surface area contributed by atoms with E-state index in [9.17, 15) is 0 Å². The van der Waals surface area contributed by atoms with Gasteiger partial charge in [0.05, 0.1) is 12.2 Å². The Morgan fingerprint density at radius 3 is 2.80 bits per heavy atom. The van der Waals surface area contributed by atoms with Crippen molar-refractivity contribution in [3.8, 4) is 6.07 Å². The van der Waals surface area contributed by atoms with Crippen LogP contribution in [0.25, 0.3) is 0 Å². The van der Waals surface area contributed by atoms with Gasteiger partial charge in [0.2, 0.25) is 0 Å². The molecule has 0 aromatic heterocycles. The molecule has 0 radical (unpaired) electrons. The fourth-order valence-corrected chi connectivity index (χ4v) is 1.15. The molecule has 0 aromatic rings. The lowest BCUT2D eigenvalue weighted by Crippen LogP contribution is -2.52. The first-order valence-electron chi connectivity index (χ1n) is 3.16. The number of nitriles is 1. The van der Waals surface area contributed by atoms with Gasteiger partial charge in [-0.05, 0) is 0 Å². The molecule has 1 N–H and O–H groups in total. The predicted octanol–water partition coefficient (Wildman–Crippen LogP) is -0.206. The van der Waals surface area contributed by atoms with Crippen LogP contribution in [-0.4, -0.2) is 41.1 Å². The molecule has 3 nitrogen and oxygen atoms in total. The van der Waals surface area contributed by atoms with E-state index in [1.54, 1.807) is 0 Å². The Labute approximate surface area is 64.8 Å². The molecule has 1 heterocycles. The topological polar surface area (TPSA) is 47.3 Å². The molecule has 4 heteroatoms. The summed E-state index contributed by atoms with van der Waals surface area (Å²) in [6.07, 6.45) is -0.206. The summed E-state index contributed by atoms with van der Waals surface area (Å²) in [7, 11) is 0. The van der Waals surface area contributed by atoms with Crippen LogP contribution in [0, 0.1) is 11.3 Å². The molecule has 0 aliphatic carbocycles. The van der Waals surface area contributed by atoms with Gasteiger partial charge in [-0.1, -0.05) is 0 Å². The van der Waals surface area contributed by atoms with Gasteiger partial charge in [0.1, 0.15) is 5.38 Å². The summed E-state index contributed by atoms with van der Waals surface area (Å²) in [5.74, 6) is 0. The third-order valence-electron chi connectivity index (χ3n) is 1.50. The van der Waals surface area contributed by atoms with E-state index < -0.39 is 5.38 Å². The molecule has 0 amide bonds. The van der Waals surface area contributed by atoms with Crippen molar-refractivity contribution in [2.75, 3.05) is 19.6 Å². The first kappa shape index (κ1) is 7.80. The van der Waals surface area contributed by atoms with Gasteiger partial charge in [-0.15, -0.1) is 11.6 Å². The van der Waals surface area contributed by atoms with Gasteiger partial charge >= 0.3 is 0 Å². The van der Waals surface area contributed by atoms with Gasteiger partial charge in [0, 0.05) is 19.6 Å². The molecule has 1 saturated heterocycles. The van der Waals surface area contributed by atoms with Crippen molar-refractivity contribution in [3.63, 3.8) is 0 Å². The minimum atomic E-state index is -0.438. The SMILES string of the molecule is N#CC(Cl)CN1CC(O)C1. The van der Waals surface area contributed by atoms with Crippen molar-refractivity contribution in [1.29, 1.82) is 5.26 Å². The number of nitrogens with zero attached hydrogens (tertiary/aromatic N) is 2. The Morgan fingerprint density at radius 2 is 2.40 bits per heavy atom. The zero-order valence-corrected chi connectivity index (χ0v) is 6.25. The molecule has 0 aromatic carbocycles. The third kappa shape index (κ3) is 1.84. The van der Waals surface area contributed by atoms with Crippen molar-refractivity contribution < 1.29 is 5.11 Å². The second-order valence-corrected chi connectivity index (χ2v) is 3.00. The van der Waals surface area contributed by atoms with E-state index in [-0.39, 0.29) is 6.10 Å². The standard InChI is InChI=1S/C6H9ClN2O/c7-5(1-8)2-9-3-6(10)4-9/h5-6,10H,2-4H2. The van der Waals surface area contributed by atoms with Crippen molar-refractivity contribution in [2.45, 2.75) is 11.5 Å². The fraction of sp³-hybridized carbons (Fsp3) is 0.833. The van der Waals surface area contributed by atoms with Crippen molar-refractivity contribution in [3.05, 3.63) is 0 Å². The summed E-state index contributed by atoms with van der Waals surface area (Å²) < 4.78 is 0. The Bertz CT molecular complexity index is 150. The van der Waals surface area contributed by atoms with Crippen molar-refractivity contribution in [1.82, 2.24) is 4.90 Å². The van der Waals surface area contributed by atoms with Crippen LogP contribution in [0.2, 0.25) is 0 Å². The van der Waals surface area contributed by atoms with Gasteiger partial charge in [-0.25, -0.2) is 0 Å². The number of hydrogen-bond acceptors (Lipinski definition) is 3. The van der Waals surface area contributed by atoms with Gasteiger partial charge in [-0.2, -0.15) is 5.26 Å². The smallest absolute Gasteiger partial charge is 0.133 e. The monoisotopic (exact) mass is 160 g/mol. The molecule has 1 atom stereocenters. The number of aliphatic hydroxyl groups excluding tert-OH is 1. The predicted molar refractivity (Wildman–Crippen MR) is 37.7 cm³/mol. The van der Waals surface area contributed by atoms with E-state index in [4.69, 9.17) is 22.0 Å². The molecule has 1 aliphatic heterocycles. The largest absolute Gasteiger partial charge is 0.390 e. The third-order valence-corrected chi connectivity index (χ3v) is 1.73. The number of aliphatic hydroxyl groups is 1. The number of β-amino-alcohol motifs (C(OH)–C–C–N with tert-alkyl or cyclic N) is 1. The Balaban J connectivity index is 2.11. The normalized spacial score (nSPS) is 23.3. The highest BCUT2D eigenvalue weighted by Crippen LogP contribution is 2.09. The molecule has 56 valence electrons. The van der Waals surface area contributed by atoms with Crippen molar-refractivity contribution >= 4 is 11.6 Å². The number of rotatable bonds is 2. The van der Waals surface area contributed by atoms with E-state index in [2.05, 4.69) is 0 Å². The number of halogens is 1. The minimum absolute atomic E-state index is 0.206. The van der Waals surface area contributed by atoms with E-state index >= 15 is 0 Å². The van der Waals surface area contributed by atoms with Gasteiger partial charge < -0.3 is 5.11 Å². The molecule has 1 aliphatic rings. The molecule has 1 unspecified atom stereocenters. The summed E-state index contributed by atoms with van der Waals surface area (Å²) >= 11 is 5.54. The molecule has 10 heavy (non-hydrogen) atoms. The number of likely N-dealkylation sites (tertiary alicyclic amines) is 1. The van der Waals surface area contributed by atoms with Crippen molar-refractivity contribution in [2.24, 2.45) is 0 Å². The van der Waals surface area contributed by atoms with Gasteiger partial charge in [0.25, 0.3) is 0 Å². The van der Waals surface area contributed by atoms with Crippen LogP contribution in [0.15, 0.2) is 0 Å². The maximum absolute atomic E-state index is 8.84. The maximum Gasteiger partial charge on any atom is 0.133 e. The first-order chi connectivity index (χ1) is 4.72. The van der Waals surface area contributed by atoms with E-state index in [1.165, 1.54) is 0 Å². The lowest BCUT2D eigenvalue weighted by atomic mass is 10.1. The quantitative estimate of drug-likeness (QED) is 0.569. The molecule has 0 bridgehead atoms. The van der Waals surface area contributed by atoms with Crippen LogP contribution in [0.4, 0.5) is 0 Å². The van der Waals surface area contributed by atoms with E-state index in [1.807, 2.05) is 11.0 Å². The molecule has 1 rings (SSSR count). The summed E-state index contributed by atoms with van der Waals surface area (Å²) in [6.45, 7) is 1.88. The lowest BCUT2D eigenvalue weighted by Gasteiger charge is -2.35. The summed E-state index contributed by atoms with van der Waals surface area (Å²) in [4.78, 5) is 1.95. The second-order valence-electron chi connectivity index (χ2n) is 2.47. The maximum atomic E-state index is 8.84. The van der Waals surface area contributed by atoms with Crippen LogP contribution in [0.5, 0.6) is 0 Å². The molecule has 0 saturated carbocycles. The van der Waals surface area contributed by atoms with Gasteiger partial charge in [0.15, 0.2) is 0 Å². The molecule has 1 fully saturated rings. The second kappa shape index (κ2) is 3.20. The zero-order valence-electron chi connectivity index (χ0n) is 5.50. The van der Waals surface area contributed by atoms with Crippen LogP contribution < -0.4 is 0 Å². The number of hydrogen-bond donors (Lipinski definition) is 1. The Morgan fingerprint density at radius 1 is 1.80 bits per heavy atom. The number of alkyl halides is 1. The van der Waals surface area contributed by atoms with Gasteiger partial charge in [-0.3, -0.25) is 4.90 Å². The summed E-state index contributed by atoms with van der Waals surface area (Å²) in [6, 6.07) is 1.92. The first-order valence-corrected chi connectivity index (χ1v) is 3.60. The highest BCUT2D eigenvalue weighted by Gasteiger charge is 2.25. The molecular weight excluding hydrogens is 152 g/mol. The Hall–Kier alpha value is -0.300. The lowest BCUT2D eigenvalue weighted by molar-refractivity contribution is 0.00423. The zero-order chi connectivity index (χ0) is 7.56. The molecular formula is C6H9ClN2O. The Kier molecular flexibility index (Phi) is 2.50. The van der Waals surface area contributed by atoms with Crippen LogP contribution in [-0.2, 0) is 0 Å². The van der Waals surface area contributed by atoms with Crippen LogP contribution >= 0.6 is 11.6 Å². The average Bonchev–Trinajstić information content (AvgIpc) is 1.84. The highest BCUT2D eigenvalue weighted by molar-refractivity contribution is 6.22. The van der Waals surface area contributed by atoms with E-state index in [0.717, 1.165) is 0 Å². The summed E-state index contributed by atoms with van der Waals surface area (Å²) in [5, 5.41) is 16.7. The van der Waals surface area contributed by atoms with E-state index in [0.29, 0.717) is 19.6 Å². The molecule has 0 spiro atoms. The highest BCUT2D eigenvalue weighted by atomic mass is 35.5. The van der Waals surface area contributed by atoms with Crippen LogP contribution in [0.1, 0.15) is 0 Å².